The number of nitrogens with one attached hydrogen (secondary N) is 1. The number of carbonyl (C=O) groups is 1. The van der Waals surface area contributed by atoms with Gasteiger partial charge in [0.05, 0.1) is 6.04 Å². The summed E-state index contributed by atoms with van der Waals surface area (Å²) in [6, 6.07) is 5.66. The molecule has 1 aromatic rings. The van der Waals surface area contributed by atoms with Crippen molar-refractivity contribution in [2.45, 2.75) is 65.5 Å². The van der Waals surface area contributed by atoms with E-state index in [-0.39, 0.29) is 23.3 Å². The fourth-order valence-electron chi connectivity index (χ4n) is 3.30. The predicted octanol–water partition coefficient (Wildman–Crippen LogP) is 3.43. The Labute approximate surface area is 146 Å². The molecule has 0 bridgehead atoms. The molecule has 24 heavy (non-hydrogen) atoms. The number of para-hydroxylation sites is 1. The molecule has 1 heterocycles. The van der Waals surface area contributed by atoms with Gasteiger partial charge in [-0.2, -0.15) is 0 Å². The fourth-order valence-corrected chi connectivity index (χ4v) is 3.30. The Morgan fingerprint density at radius 1 is 1.25 bits per heavy atom. The molecule has 2 N–H and O–H groups in total. The fraction of sp³-hybridized carbons (Fsp3) is 0.650. The summed E-state index contributed by atoms with van der Waals surface area (Å²) in [6.07, 6.45) is 2.20. The van der Waals surface area contributed by atoms with Crippen molar-refractivity contribution in [3.05, 3.63) is 29.3 Å². The van der Waals surface area contributed by atoms with E-state index < -0.39 is 0 Å². The highest BCUT2D eigenvalue weighted by molar-refractivity contribution is 5.82. The van der Waals surface area contributed by atoms with E-state index in [0.29, 0.717) is 12.3 Å². The zero-order valence-electron chi connectivity index (χ0n) is 15.7. The average Bonchev–Trinajstić information content (AvgIpc) is 3.01. The molecule has 0 aromatic heterocycles. The van der Waals surface area contributed by atoms with Crippen molar-refractivity contribution in [2.24, 2.45) is 5.92 Å². The van der Waals surface area contributed by atoms with Gasteiger partial charge >= 0.3 is 0 Å². The summed E-state index contributed by atoms with van der Waals surface area (Å²) in [6.45, 7) is 12.6. The molecule has 4 nitrogen and oxygen atoms in total. The van der Waals surface area contributed by atoms with Crippen molar-refractivity contribution in [3.63, 3.8) is 0 Å². The minimum atomic E-state index is -0.208. The van der Waals surface area contributed by atoms with Gasteiger partial charge in [-0.1, -0.05) is 52.8 Å². The minimum absolute atomic E-state index is 0.108. The van der Waals surface area contributed by atoms with E-state index in [1.54, 1.807) is 0 Å². The minimum Gasteiger partial charge on any atom is -0.507 e. The van der Waals surface area contributed by atoms with E-state index in [1.165, 1.54) is 0 Å². The van der Waals surface area contributed by atoms with E-state index in [1.807, 2.05) is 23.1 Å². The molecule has 1 aliphatic heterocycles. The van der Waals surface area contributed by atoms with Crippen LogP contribution < -0.4 is 5.32 Å². The van der Waals surface area contributed by atoms with Gasteiger partial charge < -0.3 is 15.3 Å². The second-order valence-corrected chi connectivity index (χ2v) is 8.20. The van der Waals surface area contributed by atoms with Crippen molar-refractivity contribution in [2.75, 3.05) is 13.1 Å². The van der Waals surface area contributed by atoms with E-state index in [2.05, 4.69) is 39.9 Å². The third-order valence-corrected chi connectivity index (χ3v) is 4.79. The lowest BCUT2D eigenvalue weighted by Crippen LogP contribution is -2.48. The van der Waals surface area contributed by atoms with E-state index >= 15 is 0 Å². The summed E-state index contributed by atoms with van der Waals surface area (Å²) in [4.78, 5) is 14.7. The van der Waals surface area contributed by atoms with Gasteiger partial charge in [-0.25, -0.2) is 0 Å². The Morgan fingerprint density at radius 3 is 2.42 bits per heavy atom. The molecule has 4 heteroatoms. The summed E-state index contributed by atoms with van der Waals surface area (Å²) in [7, 11) is 0. The van der Waals surface area contributed by atoms with Crippen LogP contribution in [0.15, 0.2) is 18.2 Å². The first-order valence-corrected chi connectivity index (χ1v) is 9.05. The molecule has 0 radical (unpaired) electrons. The second kappa shape index (κ2) is 7.56. The molecule has 1 aromatic carbocycles. The molecular weight excluding hydrogens is 300 g/mol. The van der Waals surface area contributed by atoms with E-state index in [9.17, 15) is 9.90 Å². The first-order chi connectivity index (χ1) is 11.2. The number of phenols is 1. The lowest BCUT2D eigenvalue weighted by Gasteiger charge is -2.27. The number of hydrogen-bond acceptors (Lipinski definition) is 3. The average molecular weight is 332 g/mol. The number of likely N-dealkylation sites (tertiary alicyclic amines) is 1. The van der Waals surface area contributed by atoms with Gasteiger partial charge in [0.1, 0.15) is 5.75 Å². The van der Waals surface area contributed by atoms with Crippen molar-refractivity contribution in [3.8, 4) is 5.75 Å². The maximum absolute atomic E-state index is 12.7. The van der Waals surface area contributed by atoms with Crippen LogP contribution >= 0.6 is 0 Å². The summed E-state index contributed by atoms with van der Waals surface area (Å²) < 4.78 is 0. The molecule has 0 saturated carbocycles. The maximum atomic E-state index is 12.7. The lowest BCUT2D eigenvalue weighted by atomic mass is 9.85. The van der Waals surface area contributed by atoms with Crippen LogP contribution in [0.1, 0.15) is 58.6 Å². The Kier molecular flexibility index (Phi) is 5.92. The largest absolute Gasteiger partial charge is 0.507 e. The van der Waals surface area contributed by atoms with Gasteiger partial charge in [-0.05, 0) is 29.7 Å². The summed E-state index contributed by atoms with van der Waals surface area (Å²) in [5.41, 5.74) is 1.68. The molecule has 1 fully saturated rings. The highest BCUT2D eigenvalue weighted by atomic mass is 16.3. The van der Waals surface area contributed by atoms with Crippen LogP contribution in [-0.2, 0) is 16.8 Å². The molecule has 0 unspecified atom stereocenters. The number of aromatic hydroxyl groups is 1. The molecule has 0 spiro atoms. The summed E-state index contributed by atoms with van der Waals surface area (Å²) >= 11 is 0. The van der Waals surface area contributed by atoms with E-state index in [4.69, 9.17) is 0 Å². The van der Waals surface area contributed by atoms with Crippen molar-refractivity contribution in [1.29, 1.82) is 0 Å². The molecule has 2 rings (SSSR count). The number of rotatable bonds is 5. The number of nitrogens with zero attached hydrogens (tertiary/aromatic N) is 1. The molecule has 1 aliphatic rings. The number of benzene rings is 1. The van der Waals surface area contributed by atoms with Crippen LogP contribution in [0.2, 0.25) is 0 Å². The summed E-state index contributed by atoms with van der Waals surface area (Å²) in [5.74, 6) is 0.744. The smallest absolute Gasteiger partial charge is 0.239 e. The third kappa shape index (κ3) is 4.29. The third-order valence-electron chi connectivity index (χ3n) is 4.79. The Morgan fingerprint density at radius 2 is 1.88 bits per heavy atom. The van der Waals surface area contributed by atoms with Crippen LogP contribution in [0, 0.1) is 5.92 Å². The topological polar surface area (TPSA) is 52.6 Å². The van der Waals surface area contributed by atoms with Gasteiger partial charge in [0, 0.05) is 25.2 Å². The normalized spacial score (nSPS) is 16.7. The first-order valence-electron chi connectivity index (χ1n) is 9.05. The highest BCUT2D eigenvalue weighted by Crippen LogP contribution is 2.33. The van der Waals surface area contributed by atoms with Gasteiger partial charge in [-0.3, -0.25) is 4.79 Å². The zero-order valence-corrected chi connectivity index (χ0v) is 15.7. The van der Waals surface area contributed by atoms with Gasteiger partial charge in [0.2, 0.25) is 5.91 Å². The van der Waals surface area contributed by atoms with Crippen LogP contribution in [0.3, 0.4) is 0 Å². The van der Waals surface area contributed by atoms with Crippen LogP contribution in [0.4, 0.5) is 0 Å². The SMILES string of the molecule is CC(C)[C@H](NCc1cccc(C(C)(C)C)c1O)C(=O)N1CCCC1. The number of hydrogen-bond donors (Lipinski definition) is 2. The first kappa shape index (κ1) is 18.8. The summed E-state index contributed by atoms with van der Waals surface area (Å²) in [5, 5.41) is 14.0. The Hall–Kier alpha value is -1.55. The van der Waals surface area contributed by atoms with Gasteiger partial charge in [0.15, 0.2) is 0 Å². The molecular formula is C20H32N2O2. The molecule has 134 valence electrons. The van der Waals surface area contributed by atoms with Gasteiger partial charge in [0.25, 0.3) is 0 Å². The second-order valence-electron chi connectivity index (χ2n) is 8.20. The standard InChI is InChI=1S/C20H32N2O2/c1-14(2)17(19(24)22-11-6-7-12-22)21-13-15-9-8-10-16(18(15)23)20(3,4)5/h8-10,14,17,21,23H,6-7,11-13H2,1-5H3/t17-/m0/s1. The van der Waals surface area contributed by atoms with Crippen LogP contribution in [0.25, 0.3) is 0 Å². The number of amides is 1. The molecule has 1 saturated heterocycles. The number of phenolic OH excluding ortho intramolecular Hbond substituents is 1. The van der Waals surface area contributed by atoms with Crippen LogP contribution in [0.5, 0.6) is 5.75 Å². The van der Waals surface area contributed by atoms with Gasteiger partial charge in [-0.15, -0.1) is 0 Å². The van der Waals surface area contributed by atoms with Crippen LogP contribution in [-0.4, -0.2) is 35.0 Å². The zero-order chi connectivity index (χ0) is 17.9. The number of carbonyl (C=O) groups excluding carboxylic acids is 1. The Balaban J connectivity index is 2.11. The molecule has 1 amide bonds. The van der Waals surface area contributed by atoms with Crippen molar-refractivity contribution >= 4 is 5.91 Å². The van der Waals surface area contributed by atoms with Crippen molar-refractivity contribution in [1.82, 2.24) is 10.2 Å². The maximum Gasteiger partial charge on any atom is 0.239 e. The molecule has 1 atom stereocenters. The van der Waals surface area contributed by atoms with Crippen molar-refractivity contribution < 1.29 is 9.90 Å². The lowest BCUT2D eigenvalue weighted by molar-refractivity contribution is -0.133. The monoisotopic (exact) mass is 332 g/mol. The molecule has 0 aliphatic carbocycles. The quantitative estimate of drug-likeness (QED) is 0.868. The highest BCUT2D eigenvalue weighted by Gasteiger charge is 2.29. The Bertz CT molecular complexity index is 569. The predicted molar refractivity (Wildman–Crippen MR) is 98.1 cm³/mol. The van der Waals surface area contributed by atoms with E-state index in [0.717, 1.165) is 37.1 Å².